The van der Waals surface area contributed by atoms with Crippen LogP contribution < -0.4 is 0 Å². The zero-order chi connectivity index (χ0) is 20.2. The molecule has 2 aromatic rings. The number of carbonyl (C=O) groups excluding carboxylic acids is 1. The highest BCUT2D eigenvalue weighted by Gasteiger charge is 2.38. The number of rotatable bonds is 5. The molecule has 2 aliphatic rings. The molecule has 9 nitrogen and oxygen atoms in total. The number of carbonyl (C=O) groups is 1. The van der Waals surface area contributed by atoms with E-state index in [1.807, 2.05) is 36.6 Å². The van der Waals surface area contributed by atoms with Crippen LogP contribution >= 0.6 is 0 Å². The molecule has 0 N–H and O–H groups in total. The predicted molar refractivity (Wildman–Crippen MR) is 108 cm³/mol. The minimum atomic E-state index is -0.138. The first-order chi connectivity index (χ1) is 14.1. The number of amides is 1. The van der Waals surface area contributed by atoms with Crippen LogP contribution in [0, 0.1) is 0 Å². The molecule has 9 heteroatoms. The van der Waals surface area contributed by atoms with E-state index in [0.717, 1.165) is 44.7 Å². The lowest BCUT2D eigenvalue weighted by molar-refractivity contribution is -0.149. The largest absolute Gasteiger partial charge is 0.373 e. The molecule has 2 atom stereocenters. The molecule has 0 spiro atoms. The van der Waals surface area contributed by atoms with Crippen molar-refractivity contribution in [3.63, 3.8) is 0 Å². The Kier molecular flexibility index (Phi) is 6.27. The van der Waals surface area contributed by atoms with E-state index < -0.39 is 0 Å². The third-order valence-corrected chi connectivity index (χ3v) is 5.85. The Hall–Kier alpha value is -2.23. The van der Waals surface area contributed by atoms with Gasteiger partial charge in [0.2, 0.25) is 5.91 Å². The lowest BCUT2D eigenvalue weighted by atomic mass is 10.00. The fourth-order valence-corrected chi connectivity index (χ4v) is 4.31. The SMILES string of the molecule is CN1CCCN(C[C@@H]2OCCN(C(=O)Cn3cccn3)[C@H]2c2cnn(C)c2)CC1. The van der Waals surface area contributed by atoms with Crippen LogP contribution in [-0.4, -0.2) is 99.2 Å². The van der Waals surface area contributed by atoms with Crippen molar-refractivity contribution in [1.29, 1.82) is 0 Å². The molecular formula is C20H31N7O2. The Balaban J connectivity index is 1.53. The average Bonchev–Trinajstić information content (AvgIpc) is 3.32. The normalized spacial score (nSPS) is 24.6. The Morgan fingerprint density at radius 1 is 1.17 bits per heavy atom. The van der Waals surface area contributed by atoms with Crippen molar-refractivity contribution >= 4 is 5.91 Å². The second-order valence-corrected chi connectivity index (χ2v) is 8.05. The number of aryl methyl sites for hydroxylation is 1. The van der Waals surface area contributed by atoms with E-state index in [1.165, 1.54) is 0 Å². The first kappa shape index (κ1) is 20.1. The van der Waals surface area contributed by atoms with Gasteiger partial charge in [0.1, 0.15) is 6.54 Å². The molecule has 0 unspecified atom stereocenters. The topological polar surface area (TPSA) is 71.7 Å². The van der Waals surface area contributed by atoms with Crippen LogP contribution in [0.25, 0.3) is 0 Å². The van der Waals surface area contributed by atoms with Crippen molar-refractivity contribution in [3.8, 4) is 0 Å². The molecule has 4 heterocycles. The van der Waals surface area contributed by atoms with Gasteiger partial charge in [0, 0.05) is 57.4 Å². The summed E-state index contributed by atoms with van der Waals surface area (Å²) in [5.41, 5.74) is 1.03. The second-order valence-electron chi connectivity index (χ2n) is 8.05. The minimum absolute atomic E-state index is 0.0615. The van der Waals surface area contributed by atoms with Gasteiger partial charge >= 0.3 is 0 Å². The molecule has 2 saturated heterocycles. The van der Waals surface area contributed by atoms with E-state index in [4.69, 9.17) is 4.74 Å². The van der Waals surface area contributed by atoms with Crippen molar-refractivity contribution in [2.75, 3.05) is 52.9 Å². The van der Waals surface area contributed by atoms with E-state index in [-0.39, 0.29) is 24.6 Å². The van der Waals surface area contributed by atoms with Gasteiger partial charge in [-0.2, -0.15) is 10.2 Å². The van der Waals surface area contributed by atoms with Crippen LogP contribution in [0.1, 0.15) is 18.0 Å². The molecule has 2 aromatic heterocycles. The quantitative estimate of drug-likeness (QED) is 0.714. The van der Waals surface area contributed by atoms with Gasteiger partial charge in [0.05, 0.1) is 24.9 Å². The van der Waals surface area contributed by atoms with Crippen LogP contribution in [0.15, 0.2) is 30.9 Å². The summed E-state index contributed by atoms with van der Waals surface area (Å²) in [5, 5.41) is 8.54. The molecule has 0 radical (unpaired) electrons. The lowest BCUT2D eigenvalue weighted by Crippen LogP contribution is -2.52. The van der Waals surface area contributed by atoms with Crippen molar-refractivity contribution in [2.45, 2.75) is 25.1 Å². The summed E-state index contributed by atoms with van der Waals surface area (Å²) in [7, 11) is 4.08. The zero-order valence-corrected chi connectivity index (χ0v) is 17.4. The third kappa shape index (κ3) is 4.85. The molecule has 4 rings (SSSR count). The Bertz CT molecular complexity index is 791. The molecule has 0 saturated carbocycles. The summed E-state index contributed by atoms with van der Waals surface area (Å²) < 4.78 is 9.70. The molecule has 2 fully saturated rings. The number of aromatic nitrogens is 4. The molecule has 29 heavy (non-hydrogen) atoms. The maximum atomic E-state index is 13.2. The number of morpholine rings is 1. The zero-order valence-electron chi connectivity index (χ0n) is 17.4. The summed E-state index contributed by atoms with van der Waals surface area (Å²) in [6.45, 7) is 6.47. The number of nitrogens with zero attached hydrogens (tertiary/aromatic N) is 7. The standard InChI is InChI=1S/C20H31N7O2/c1-23-6-4-7-25(10-9-23)15-18-20(17-13-22-24(2)14-17)27(11-12-29-18)19(28)16-26-8-3-5-21-26/h3,5,8,13-14,18,20H,4,6-7,9-12,15-16H2,1-2H3/t18-,20-/m0/s1. The molecule has 2 aliphatic heterocycles. The first-order valence-corrected chi connectivity index (χ1v) is 10.4. The van der Waals surface area contributed by atoms with Gasteiger partial charge in [0.25, 0.3) is 0 Å². The van der Waals surface area contributed by atoms with Gasteiger partial charge in [-0.05, 0) is 32.6 Å². The summed E-state index contributed by atoms with van der Waals surface area (Å²) in [6.07, 6.45) is 8.46. The van der Waals surface area contributed by atoms with Crippen LogP contribution in [0.3, 0.4) is 0 Å². The van der Waals surface area contributed by atoms with Crippen molar-refractivity contribution in [3.05, 3.63) is 36.4 Å². The average molecular weight is 402 g/mol. The van der Waals surface area contributed by atoms with Crippen LogP contribution in [0.5, 0.6) is 0 Å². The van der Waals surface area contributed by atoms with E-state index in [1.54, 1.807) is 15.6 Å². The van der Waals surface area contributed by atoms with Gasteiger partial charge in [0.15, 0.2) is 0 Å². The summed E-state index contributed by atoms with van der Waals surface area (Å²) in [6, 6.07) is 1.70. The van der Waals surface area contributed by atoms with Gasteiger partial charge in [-0.25, -0.2) is 0 Å². The summed E-state index contributed by atoms with van der Waals surface area (Å²) in [5.74, 6) is 0.0615. The molecule has 0 aromatic carbocycles. The van der Waals surface area contributed by atoms with Gasteiger partial charge in [-0.3, -0.25) is 19.1 Å². The van der Waals surface area contributed by atoms with Crippen molar-refractivity contribution in [1.82, 2.24) is 34.3 Å². The summed E-state index contributed by atoms with van der Waals surface area (Å²) >= 11 is 0. The fraction of sp³-hybridized carbons (Fsp3) is 0.650. The molecule has 0 aliphatic carbocycles. The highest BCUT2D eigenvalue weighted by molar-refractivity contribution is 5.76. The third-order valence-electron chi connectivity index (χ3n) is 5.85. The fourth-order valence-electron chi connectivity index (χ4n) is 4.31. The molecule has 0 bridgehead atoms. The number of hydrogen-bond acceptors (Lipinski definition) is 6. The van der Waals surface area contributed by atoms with E-state index >= 15 is 0 Å². The van der Waals surface area contributed by atoms with Crippen molar-refractivity contribution < 1.29 is 9.53 Å². The monoisotopic (exact) mass is 401 g/mol. The number of ether oxygens (including phenoxy) is 1. The first-order valence-electron chi connectivity index (χ1n) is 10.4. The molecule has 1 amide bonds. The predicted octanol–water partition coefficient (Wildman–Crippen LogP) is 0.223. The van der Waals surface area contributed by atoms with Gasteiger partial charge in [-0.1, -0.05) is 0 Å². The van der Waals surface area contributed by atoms with E-state index in [9.17, 15) is 4.79 Å². The summed E-state index contributed by atoms with van der Waals surface area (Å²) in [4.78, 5) is 20.0. The second kappa shape index (κ2) is 9.06. The Labute approximate surface area is 171 Å². The maximum absolute atomic E-state index is 13.2. The highest BCUT2D eigenvalue weighted by Crippen LogP contribution is 2.30. The van der Waals surface area contributed by atoms with E-state index in [0.29, 0.717) is 13.2 Å². The maximum Gasteiger partial charge on any atom is 0.244 e. The Morgan fingerprint density at radius 3 is 2.83 bits per heavy atom. The number of hydrogen-bond donors (Lipinski definition) is 0. The number of likely N-dealkylation sites (N-methyl/N-ethyl adjacent to an activating group) is 1. The van der Waals surface area contributed by atoms with E-state index in [2.05, 4.69) is 27.0 Å². The van der Waals surface area contributed by atoms with Gasteiger partial charge in [-0.15, -0.1) is 0 Å². The minimum Gasteiger partial charge on any atom is -0.373 e. The highest BCUT2D eigenvalue weighted by atomic mass is 16.5. The Morgan fingerprint density at radius 2 is 2.07 bits per heavy atom. The van der Waals surface area contributed by atoms with Crippen LogP contribution in [0.2, 0.25) is 0 Å². The van der Waals surface area contributed by atoms with Crippen LogP contribution in [0.4, 0.5) is 0 Å². The smallest absolute Gasteiger partial charge is 0.244 e. The van der Waals surface area contributed by atoms with Crippen molar-refractivity contribution in [2.24, 2.45) is 7.05 Å². The van der Waals surface area contributed by atoms with Gasteiger partial charge < -0.3 is 14.5 Å². The lowest BCUT2D eigenvalue weighted by Gasteiger charge is -2.42. The van der Waals surface area contributed by atoms with Crippen LogP contribution in [-0.2, 0) is 23.1 Å². The molecule has 158 valence electrons. The molecular weight excluding hydrogens is 370 g/mol.